The SMILES string of the molecule is CCOc1ccc(N=C2SC(=Cc3ccc(OCC#N)c(OCC)c3)C(=O)N2CC)cc1. The van der Waals surface area contributed by atoms with E-state index in [-0.39, 0.29) is 12.5 Å². The molecule has 0 radical (unpaired) electrons. The molecule has 0 N–H and O–H groups in total. The summed E-state index contributed by atoms with van der Waals surface area (Å²) >= 11 is 1.33. The van der Waals surface area contributed by atoms with Gasteiger partial charge in [-0.25, -0.2) is 4.99 Å². The van der Waals surface area contributed by atoms with Crippen LogP contribution in [0.25, 0.3) is 6.08 Å². The number of amidine groups is 1. The van der Waals surface area contributed by atoms with Crippen molar-refractivity contribution >= 4 is 34.6 Å². The maximum Gasteiger partial charge on any atom is 0.266 e. The van der Waals surface area contributed by atoms with Crippen molar-refractivity contribution in [1.82, 2.24) is 4.90 Å². The molecule has 0 aromatic heterocycles. The summed E-state index contributed by atoms with van der Waals surface area (Å²) < 4.78 is 16.5. The molecule has 7 nitrogen and oxygen atoms in total. The molecular formula is C24H25N3O4S. The summed E-state index contributed by atoms with van der Waals surface area (Å²) in [7, 11) is 0. The van der Waals surface area contributed by atoms with Crippen LogP contribution in [0.4, 0.5) is 5.69 Å². The number of carbonyl (C=O) groups is 1. The van der Waals surface area contributed by atoms with Gasteiger partial charge in [-0.1, -0.05) is 6.07 Å². The molecule has 1 saturated heterocycles. The van der Waals surface area contributed by atoms with Crippen LogP contribution in [0.2, 0.25) is 0 Å². The number of thioether (sulfide) groups is 1. The molecule has 2 aromatic carbocycles. The molecule has 2 aromatic rings. The highest BCUT2D eigenvalue weighted by molar-refractivity contribution is 8.18. The molecule has 1 fully saturated rings. The highest BCUT2D eigenvalue weighted by Crippen LogP contribution is 2.36. The number of carbonyl (C=O) groups excluding carboxylic acids is 1. The summed E-state index contributed by atoms with van der Waals surface area (Å²) in [6.07, 6.45) is 1.81. The van der Waals surface area contributed by atoms with E-state index in [1.54, 1.807) is 17.0 Å². The minimum absolute atomic E-state index is 0.0638. The second-order valence-corrected chi connectivity index (χ2v) is 7.58. The number of aliphatic imine (C=N–C) groups is 1. The van der Waals surface area contributed by atoms with Gasteiger partial charge in [0.25, 0.3) is 5.91 Å². The second-order valence-electron chi connectivity index (χ2n) is 6.57. The van der Waals surface area contributed by atoms with E-state index in [2.05, 4.69) is 4.99 Å². The lowest BCUT2D eigenvalue weighted by atomic mass is 10.2. The maximum absolute atomic E-state index is 12.9. The Morgan fingerprint density at radius 3 is 2.44 bits per heavy atom. The van der Waals surface area contributed by atoms with Crippen LogP contribution in [0, 0.1) is 11.3 Å². The highest BCUT2D eigenvalue weighted by Gasteiger charge is 2.32. The molecule has 0 spiro atoms. The zero-order chi connectivity index (χ0) is 22.9. The van der Waals surface area contributed by atoms with Gasteiger partial charge in [0.1, 0.15) is 11.8 Å². The van der Waals surface area contributed by atoms with Crippen molar-refractivity contribution in [2.24, 2.45) is 4.99 Å². The summed E-state index contributed by atoms with van der Waals surface area (Å²) in [5.74, 6) is 1.72. The van der Waals surface area contributed by atoms with E-state index >= 15 is 0 Å². The lowest BCUT2D eigenvalue weighted by Gasteiger charge is -2.12. The summed E-state index contributed by atoms with van der Waals surface area (Å²) in [5.41, 5.74) is 1.55. The molecule has 1 aliphatic heterocycles. The summed E-state index contributed by atoms with van der Waals surface area (Å²) in [6, 6.07) is 14.8. The van der Waals surface area contributed by atoms with Crippen LogP contribution in [0.5, 0.6) is 17.2 Å². The van der Waals surface area contributed by atoms with E-state index in [4.69, 9.17) is 19.5 Å². The molecule has 166 valence electrons. The molecular weight excluding hydrogens is 426 g/mol. The molecule has 0 saturated carbocycles. The zero-order valence-corrected chi connectivity index (χ0v) is 19.1. The molecule has 1 aliphatic rings. The topological polar surface area (TPSA) is 84.1 Å². The number of hydrogen-bond donors (Lipinski definition) is 0. The van der Waals surface area contributed by atoms with E-state index in [1.165, 1.54) is 11.8 Å². The van der Waals surface area contributed by atoms with Gasteiger partial charge in [-0.2, -0.15) is 5.26 Å². The lowest BCUT2D eigenvalue weighted by Crippen LogP contribution is -2.28. The molecule has 0 unspecified atom stereocenters. The van der Waals surface area contributed by atoms with E-state index in [1.807, 2.05) is 63.2 Å². The predicted molar refractivity (Wildman–Crippen MR) is 126 cm³/mol. The van der Waals surface area contributed by atoms with Gasteiger partial charge in [0.15, 0.2) is 23.3 Å². The predicted octanol–water partition coefficient (Wildman–Crippen LogP) is 5.01. The zero-order valence-electron chi connectivity index (χ0n) is 18.3. The van der Waals surface area contributed by atoms with Gasteiger partial charge < -0.3 is 14.2 Å². The average Bonchev–Trinajstić information content (AvgIpc) is 3.08. The fourth-order valence-electron chi connectivity index (χ4n) is 3.03. The van der Waals surface area contributed by atoms with E-state index in [0.717, 1.165) is 17.0 Å². The van der Waals surface area contributed by atoms with Crippen molar-refractivity contribution in [2.45, 2.75) is 20.8 Å². The van der Waals surface area contributed by atoms with Gasteiger partial charge >= 0.3 is 0 Å². The number of hydrogen-bond acceptors (Lipinski definition) is 7. The van der Waals surface area contributed by atoms with Crippen molar-refractivity contribution in [3.63, 3.8) is 0 Å². The van der Waals surface area contributed by atoms with Gasteiger partial charge in [0.2, 0.25) is 0 Å². The first-order valence-electron chi connectivity index (χ1n) is 10.4. The largest absolute Gasteiger partial charge is 0.494 e. The molecule has 0 atom stereocenters. The number of rotatable bonds is 9. The molecule has 0 bridgehead atoms. The molecule has 0 aliphatic carbocycles. The van der Waals surface area contributed by atoms with Crippen molar-refractivity contribution in [3.8, 4) is 23.3 Å². The maximum atomic E-state index is 12.9. The first-order chi connectivity index (χ1) is 15.6. The van der Waals surface area contributed by atoms with E-state index < -0.39 is 0 Å². The number of ether oxygens (including phenoxy) is 3. The Morgan fingerprint density at radius 2 is 1.78 bits per heavy atom. The Balaban J connectivity index is 1.86. The van der Waals surface area contributed by atoms with Crippen molar-refractivity contribution in [1.29, 1.82) is 5.26 Å². The summed E-state index contributed by atoms with van der Waals surface area (Å²) in [4.78, 5) is 19.8. The third kappa shape index (κ3) is 5.62. The average molecular weight is 452 g/mol. The number of likely N-dealkylation sites (N-methyl/N-ethyl adjacent to an activating group) is 1. The smallest absolute Gasteiger partial charge is 0.266 e. The molecule has 3 rings (SSSR count). The Labute approximate surface area is 192 Å². The summed E-state index contributed by atoms with van der Waals surface area (Å²) in [5, 5.41) is 9.38. The van der Waals surface area contributed by atoms with Crippen LogP contribution in [-0.4, -0.2) is 42.3 Å². The van der Waals surface area contributed by atoms with Crippen molar-refractivity contribution in [3.05, 3.63) is 52.9 Å². The third-order valence-corrected chi connectivity index (χ3v) is 5.44. The van der Waals surface area contributed by atoms with E-state index in [0.29, 0.717) is 41.3 Å². The number of benzene rings is 2. The van der Waals surface area contributed by atoms with Crippen molar-refractivity contribution < 1.29 is 19.0 Å². The quantitative estimate of drug-likeness (QED) is 0.498. The fourth-order valence-corrected chi connectivity index (χ4v) is 4.09. The van der Waals surface area contributed by atoms with Crippen LogP contribution >= 0.6 is 11.8 Å². The summed E-state index contributed by atoms with van der Waals surface area (Å²) in [6.45, 7) is 7.25. The van der Waals surface area contributed by atoms with Gasteiger partial charge in [0, 0.05) is 6.54 Å². The first kappa shape index (κ1) is 23.2. The minimum Gasteiger partial charge on any atom is -0.494 e. The number of amides is 1. The van der Waals surface area contributed by atoms with Gasteiger partial charge in [0.05, 0.1) is 23.8 Å². The van der Waals surface area contributed by atoms with Crippen LogP contribution in [-0.2, 0) is 4.79 Å². The number of nitrogens with zero attached hydrogens (tertiary/aromatic N) is 3. The van der Waals surface area contributed by atoms with Gasteiger partial charge in [-0.05, 0) is 80.6 Å². The third-order valence-electron chi connectivity index (χ3n) is 4.43. The molecule has 1 amide bonds. The van der Waals surface area contributed by atoms with Crippen LogP contribution in [0.1, 0.15) is 26.3 Å². The first-order valence-corrected chi connectivity index (χ1v) is 11.2. The number of nitriles is 1. The van der Waals surface area contributed by atoms with E-state index in [9.17, 15) is 4.79 Å². The normalized spacial score (nSPS) is 15.8. The highest BCUT2D eigenvalue weighted by atomic mass is 32.2. The van der Waals surface area contributed by atoms with Gasteiger partial charge in [-0.3, -0.25) is 9.69 Å². The molecule has 8 heteroatoms. The Kier molecular flexibility index (Phi) is 8.17. The van der Waals surface area contributed by atoms with Gasteiger partial charge in [-0.15, -0.1) is 0 Å². The second kappa shape index (κ2) is 11.3. The fraction of sp³-hybridized carbons (Fsp3) is 0.292. The monoisotopic (exact) mass is 451 g/mol. The Morgan fingerprint density at radius 1 is 1.03 bits per heavy atom. The lowest BCUT2D eigenvalue weighted by molar-refractivity contribution is -0.122. The molecule has 32 heavy (non-hydrogen) atoms. The Hall–Kier alpha value is -3.44. The standard InChI is InChI=1S/C24H25N3O4S/c1-4-27-23(28)22(32-24(27)26-18-8-10-19(11-9-18)29-5-2)16-17-7-12-20(31-14-13-25)21(15-17)30-6-3/h7-12,15-16H,4-6,14H2,1-3H3. The Bertz CT molecular complexity index is 1060. The van der Waals surface area contributed by atoms with Crippen LogP contribution in [0.3, 0.4) is 0 Å². The van der Waals surface area contributed by atoms with Crippen LogP contribution < -0.4 is 14.2 Å². The van der Waals surface area contributed by atoms with Crippen LogP contribution in [0.15, 0.2) is 52.4 Å². The minimum atomic E-state index is -0.0926. The molecule has 1 heterocycles. The van der Waals surface area contributed by atoms with Crippen molar-refractivity contribution in [2.75, 3.05) is 26.4 Å².